The van der Waals surface area contributed by atoms with E-state index in [-0.39, 0.29) is 5.57 Å². The van der Waals surface area contributed by atoms with Gasteiger partial charge in [-0.25, -0.2) is 0 Å². The van der Waals surface area contributed by atoms with Gasteiger partial charge in [-0.05, 0) is 55.0 Å². The summed E-state index contributed by atoms with van der Waals surface area (Å²) >= 11 is 12.0. The zero-order valence-electron chi connectivity index (χ0n) is 14.2. The standard InChI is InChI=1S/C19H16Cl2N2O3/c1-3-26-17-10-12(9-16(21)18(17)25-2)8-13(11-22)19(24)23-15-6-4-14(20)5-7-15/h4-10H,3H2,1-2H3,(H,23,24)/b13-8+. The highest BCUT2D eigenvalue weighted by molar-refractivity contribution is 6.32. The summed E-state index contributed by atoms with van der Waals surface area (Å²) in [5.41, 5.74) is 0.994. The second-order valence-electron chi connectivity index (χ2n) is 5.10. The van der Waals surface area contributed by atoms with E-state index >= 15 is 0 Å². The molecular formula is C19H16Cl2N2O3. The van der Waals surface area contributed by atoms with Crippen LogP contribution in [0.4, 0.5) is 5.69 Å². The molecule has 0 atom stereocenters. The number of rotatable bonds is 6. The molecule has 0 radical (unpaired) electrons. The Morgan fingerprint density at radius 2 is 1.96 bits per heavy atom. The average molecular weight is 391 g/mol. The number of nitrogens with zero attached hydrogens (tertiary/aromatic N) is 1. The van der Waals surface area contributed by atoms with Crippen molar-refractivity contribution in [2.45, 2.75) is 6.92 Å². The van der Waals surface area contributed by atoms with Gasteiger partial charge < -0.3 is 14.8 Å². The Morgan fingerprint density at radius 3 is 2.54 bits per heavy atom. The van der Waals surface area contributed by atoms with Crippen LogP contribution in [0.1, 0.15) is 12.5 Å². The first-order valence-electron chi connectivity index (χ1n) is 7.67. The molecule has 0 fully saturated rings. The first kappa shape index (κ1) is 19.6. The molecule has 0 aromatic heterocycles. The lowest BCUT2D eigenvalue weighted by molar-refractivity contribution is -0.112. The Kier molecular flexibility index (Phi) is 6.90. The zero-order valence-corrected chi connectivity index (χ0v) is 15.7. The molecule has 134 valence electrons. The third-order valence-corrected chi connectivity index (χ3v) is 3.85. The van der Waals surface area contributed by atoms with Gasteiger partial charge in [-0.15, -0.1) is 0 Å². The van der Waals surface area contributed by atoms with Gasteiger partial charge in [0.1, 0.15) is 11.6 Å². The summed E-state index contributed by atoms with van der Waals surface area (Å²) in [6.45, 7) is 2.25. The van der Waals surface area contributed by atoms with Crippen molar-refractivity contribution in [1.82, 2.24) is 0 Å². The van der Waals surface area contributed by atoms with E-state index in [0.29, 0.717) is 39.4 Å². The molecule has 7 heteroatoms. The highest BCUT2D eigenvalue weighted by Crippen LogP contribution is 2.36. The van der Waals surface area contributed by atoms with Gasteiger partial charge in [0.05, 0.1) is 18.7 Å². The summed E-state index contributed by atoms with van der Waals surface area (Å²) in [5.74, 6) is 0.290. The number of ether oxygens (including phenoxy) is 2. The van der Waals surface area contributed by atoms with Crippen molar-refractivity contribution in [1.29, 1.82) is 5.26 Å². The Balaban J connectivity index is 2.31. The number of amides is 1. The molecule has 1 N–H and O–H groups in total. The number of carbonyl (C=O) groups excluding carboxylic acids is 1. The molecule has 0 saturated heterocycles. The van der Waals surface area contributed by atoms with E-state index in [1.54, 1.807) is 36.4 Å². The lowest BCUT2D eigenvalue weighted by Gasteiger charge is -2.12. The lowest BCUT2D eigenvalue weighted by Crippen LogP contribution is -2.13. The summed E-state index contributed by atoms with van der Waals surface area (Å²) in [5, 5.41) is 12.8. The van der Waals surface area contributed by atoms with E-state index in [4.69, 9.17) is 32.7 Å². The third kappa shape index (κ3) is 4.92. The number of methoxy groups -OCH3 is 1. The number of nitriles is 1. The van der Waals surface area contributed by atoms with Gasteiger partial charge in [0.15, 0.2) is 11.5 Å². The van der Waals surface area contributed by atoms with Gasteiger partial charge >= 0.3 is 0 Å². The molecule has 5 nitrogen and oxygen atoms in total. The predicted octanol–water partition coefficient (Wildman–Crippen LogP) is 4.95. The van der Waals surface area contributed by atoms with Gasteiger partial charge in [-0.1, -0.05) is 23.2 Å². The van der Waals surface area contributed by atoms with Crippen molar-refractivity contribution in [3.63, 3.8) is 0 Å². The van der Waals surface area contributed by atoms with Crippen molar-refractivity contribution in [3.05, 3.63) is 57.6 Å². The third-order valence-electron chi connectivity index (χ3n) is 3.31. The minimum absolute atomic E-state index is 0.0800. The smallest absolute Gasteiger partial charge is 0.266 e. The van der Waals surface area contributed by atoms with Gasteiger partial charge in [-0.3, -0.25) is 4.79 Å². The van der Waals surface area contributed by atoms with E-state index in [0.717, 1.165) is 0 Å². The van der Waals surface area contributed by atoms with Crippen LogP contribution < -0.4 is 14.8 Å². The highest BCUT2D eigenvalue weighted by Gasteiger charge is 2.14. The van der Waals surface area contributed by atoms with Crippen LogP contribution in [0.25, 0.3) is 6.08 Å². The Labute approximate surface area is 161 Å². The van der Waals surface area contributed by atoms with Crippen LogP contribution >= 0.6 is 23.2 Å². The average Bonchev–Trinajstić information content (AvgIpc) is 2.61. The van der Waals surface area contributed by atoms with E-state index in [1.165, 1.54) is 13.2 Å². The van der Waals surface area contributed by atoms with Crippen molar-refractivity contribution >= 4 is 40.9 Å². The Bertz CT molecular complexity index is 872. The van der Waals surface area contributed by atoms with Crippen molar-refractivity contribution in [3.8, 4) is 17.6 Å². The van der Waals surface area contributed by atoms with Crippen LogP contribution in [0.3, 0.4) is 0 Å². The van der Waals surface area contributed by atoms with Crippen LogP contribution in [0.5, 0.6) is 11.5 Å². The van der Waals surface area contributed by atoms with Crippen LogP contribution in [0, 0.1) is 11.3 Å². The first-order chi connectivity index (χ1) is 12.5. The summed E-state index contributed by atoms with van der Waals surface area (Å²) in [6.07, 6.45) is 1.43. The van der Waals surface area contributed by atoms with Crippen LogP contribution in [-0.4, -0.2) is 19.6 Å². The highest BCUT2D eigenvalue weighted by atomic mass is 35.5. The topological polar surface area (TPSA) is 71.3 Å². The molecule has 0 spiro atoms. The van der Waals surface area contributed by atoms with Crippen molar-refractivity contribution in [2.24, 2.45) is 0 Å². The summed E-state index contributed by atoms with van der Waals surface area (Å²) in [6, 6.07) is 11.7. The van der Waals surface area contributed by atoms with Crippen LogP contribution in [-0.2, 0) is 4.79 Å². The molecule has 2 aromatic rings. The Hall–Kier alpha value is -2.68. The Morgan fingerprint density at radius 1 is 1.27 bits per heavy atom. The van der Waals surface area contributed by atoms with E-state index < -0.39 is 5.91 Å². The van der Waals surface area contributed by atoms with Crippen molar-refractivity contribution < 1.29 is 14.3 Å². The van der Waals surface area contributed by atoms with E-state index in [1.807, 2.05) is 13.0 Å². The molecule has 0 aliphatic heterocycles. The van der Waals surface area contributed by atoms with E-state index in [2.05, 4.69) is 5.32 Å². The maximum absolute atomic E-state index is 12.3. The monoisotopic (exact) mass is 390 g/mol. The van der Waals surface area contributed by atoms with Gasteiger partial charge in [0.25, 0.3) is 5.91 Å². The fraction of sp³-hybridized carbons (Fsp3) is 0.158. The summed E-state index contributed by atoms with van der Waals surface area (Å²) in [4.78, 5) is 12.3. The maximum atomic E-state index is 12.3. The first-order valence-corrected chi connectivity index (χ1v) is 8.43. The molecule has 2 rings (SSSR count). The van der Waals surface area contributed by atoms with Crippen LogP contribution in [0.15, 0.2) is 42.0 Å². The molecule has 0 saturated carbocycles. The quantitative estimate of drug-likeness (QED) is 0.559. The molecule has 0 heterocycles. The molecule has 26 heavy (non-hydrogen) atoms. The molecular weight excluding hydrogens is 375 g/mol. The second kappa shape index (κ2) is 9.14. The molecule has 0 aliphatic carbocycles. The van der Waals surface area contributed by atoms with Crippen LogP contribution in [0.2, 0.25) is 10.0 Å². The van der Waals surface area contributed by atoms with Gasteiger partial charge in [0, 0.05) is 10.7 Å². The van der Waals surface area contributed by atoms with E-state index in [9.17, 15) is 10.1 Å². The summed E-state index contributed by atoms with van der Waals surface area (Å²) < 4.78 is 10.7. The molecule has 0 unspecified atom stereocenters. The fourth-order valence-electron chi connectivity index (χ4n) is 2.18. The van der Waals surface area contributed by atoms with Gasteiger partial charge in [0.2, 0.25) is 0 Å². The number of halogens is 2. The molecule has 0 aliphatic rings. The molecule has 1 amide bonds. The fourth-order valence-corrected chi connectivity index (χ4v) is 2.60. The van der Waals surface area contributed by atoms with Crippen molar-refractivity contribution in [2.75, 3.05) is 19.0 Å². The minimum Gasteiger partial charge on any atom is -0.491 e. The minimum atomic E-state index is -0.542. The number of anilines is 1. The predicted molar refractivity (Wildman–Crippen MR) is 103 cm³/mol. The number of benzene rings is 2. The SMILES string of the molecule is CCOc1cc(/C=C(\C#N)C(=O)Nc2ccc(Cl)cc2)cc(Cl)c1OC. The molecule has 0 bridgehead atoms. The largest absolute Gasteiger partial charge is 0.491 e. The number of nitrogens with one attached hydrogen (secondary N) is 1. The maximum Gasteiger partial charge on any atom is 0.266 e. The van der Waals surface area contributed by atoms with Gasteiger partial charge in [-0.2, -0.15) is 5.26 Å². The number of hydrogen-bond donors (Lipinski definition) is 1. The number of hydrogen-bond acceptors (Lipinski definition) is 4. The summed E-state index contributed by atoms with van der Waals surface area (Å²) in [7, 11) is 1.49. The normalized spacial score (nSPS) is 10.8. The second-order valence-corrected chi connectivity index (χ2v) is 5.94. The number of carbonyl (C=O) groups is 1. The zero-order chi connectivity index (χ0) is 19.1. The lowest BCUT2D eigenvalue weighted by atomic mass is 10.1. The molecule has 2 aromatic carbocycles.